The van der Waals surface area contributed by atoms with E-state index in [-0.39, 0.29) is 0 Å². The van der Waals surface area contributed by atoms with Crippen LogP contribution in [0.2, 0.25) is 0 Å². The first-order chi connectivity index (χ1) is 17.6. The van der Waals surface area contributed by atoms with Gasteiger partial charge in [0, 0.05) is 0 Å². The second kappa shape index (κ2) is 29.4. The van der Waals surface area contributed by atoms with Gasteiger partial charge in [0.1, 0.15) is 0 Å². The van der Waals surface area contributed by atoms with Gasteiger partial charge in [-0.25, -0.2) is 0 Å². The first-order valence-electron chi connectivity index (χ1n) is 16.7. The zero-order chi connectivity index (χ0) is 26.5. The minimum Gasteiger partial charge on any atom is -0.306 e. The van der Waals surface area contributed by atoms with E-state index < -0.39 is 0 Å². The normalized spacial score (nSPS) is 12.0. The molecule has 0 saturated heterocycles. The van der Waals surface area contributed by atoms with Gasteiger partial charge in [0.05, 0.1) is 0 Å². The van der Waals surface area contributed by atoms with E-state index in [1.165, 1.54) is 181 Å². The fraction of sp³-hybridized carbons (Fsp3) is 1.00. The molecule has 0 rings (SSSR count). The van der Waals surface area contributed by atoms with E-state index in [0.717, 1.165) is 0 Å². The molecule has 0 aliphatic carbocycles. The Kier molecular flexibility index (Phi) is 29.3. The van der Waals surface area contributed by atoms with Crippen LogP contribution in [-0.4, -0.2) is 75.1 Å². The molecule has 0 amide bonds. The van der Waals surface area contributed by atoms with Crippen LogP contribution < -0.4 is 0 Å². The highest BCUT2D eigenvalue weighted by atomic mass is 15.1. The zero-order valence-electron chi connectivity index (χ0n) is 26.1. The van der Waals surface area contributed by atoms with E-state index in [2.05, 4.69) is 49.7 Å². The standard InChI is InChI=1S/C33H71N3/c1-6-8-10-12-14-16-18-20-22-24-28-34(3)30-26-32-36(5)33-27-31-35(4)29-25-23-21-19-17-15-13-11-9-7-2/h6-33H2,1-5H3. The first kappa shape index (κ1) is 35.9. The summed E-state index contributed by atoms with van der Waals surface area (Å²) in [5.74, 6) is 0. The van der Waals surface area contributed by atoms with Crippen LogP contribution in [0.15, 0.2) is 0 Å². The van der Waals surface area contributed by atoms with Crippen molar-refractivity contribution in [2.24, 2.45) is 0 Å². The van der Waals surface area contributed by atoms with Gasteiger partial charge < -0.3 is 14.7 Å². The lowest BCUT2D eigenvalue weighted by Crippen LogP contribution is -2.29. The van der Waals surface area contributed by atoms with Gasteiger partial charge >= 0.3 is 0 Å². The minimum atomic E-state index is 1.24. The largest absolute Gasteiger partial charge is 0.306 e. The minimum absolute atomic E-state index is 1.24. The van der Waals surface area contributed by atoms with Crippen LogP contribution >= 0.6 is 0 Å². The summed E-state index contributed by atoms with van der Waals surface area (Å²) in [6, 6.07) is 0. The van der Waals surface area contributed by atoms with Crippen molar-refractivity contribution in [2.45, 2.75) is 155 Å². The third kappa shape index (κ3) is 28.5. The van der Waals surface area contributed by atoms with Gasteiger partial charge in [0.25, 0.3) is 0 Å². The lowest BCUT2D eigenvalue weighted by molar-refractivity contribution is 0.254. The highest BCUT2D eigenvalue weighted by molar-refractivity contribution is 4.60. The summed E-state index contributed by atoms with van der Waals surface area (Å²) in [7, 11) is 6.94. The zero-order valence-corrected chi connectivity index (χ0v) is 26.1. The molecule has 3 heteroatoms. The second-order valence-electron chi connectivity index (χ2n) is 12.0. The van der Waals surface area contributed by atoms with Gasteiger partial charge in [-0.1, -0.05) is 129 Å². The molecule has 0 aliphatic heterocycles. The molecule has 0 spiro atoms. The number of hydrogen-bond acceptors (Lipinski definition) is 3. The molecule has 0 fully saturated rings. The maximum atomic E-state index is 2.55. The molecule has 0 unspecified atom stereocenters. The van der Waals surface area contributed by atoms with Crippen molar-refractivity contribution in [1.29, 1.82) is 0 Å². The summed E-state index contributed by atoms with van der Waals surface area (Å²) in [5.41, 5.74) is 0. The van der Waals surface area contributed by atoms with Crippen molar-refractivity contribution in [2.75, 3.05) is 60.4 Å². The quantitative estimate of drug-likeness (QED) is 0.0893. The Morgan fingerprint density at radius 1 is 0.250 bits per heavy atom. The number of unbranched alkanes of at least 4 members (excludes halogenated alkanes) is 18. The molecule has 0 heterocycles. The van der Waals surface area contributed by atoms with E-state index in [0.29, 0.717) is 0 Å². The molecule has 3 nitrogen and oxygen atoms in total. The molecule has 0 aromatic carbocycles. The molecule has 0 aromatic rings. The number of nitrogens with zero attached hydrogens (tertiary/aromatic N) is 3. The highest BCUT2D eigenvalue weighted by Crippen LogP contribution is 2.12. The second-order valence-corrected chi connectivity index (χ2v) is 12.0. The fourth-order valence-electron chi connectivity index (χ4n) is 5.29. The monoisotopic (exact) mass is 510 g/mol. The average Bonchev–Trinajstić information content (AvgIpc) is 2.86. The van der Waals surface area contributed by atoms with Gasteiger partial charge in [-0.2, -0.15) is 0 Å². The van der Waals surface area contributed by atoms with E-state index in [1.54, 1.807) is 0 Å². The van der Waals surface area contributed by atoms with Crippen molar-refractivity contribution in [3.05, 3.63) is 0 Å². The van der Waals surface area contributed by atoms with E-state index in [1.807, 2.05) is 0 Å². The summed E-state index contributed by atoms with van der Waals surface area (Å²) in [5, 5.41) is 0. The Balaban J connectivity index is 3.39. The van der Waals surface area contributed by atoms with Crippen molar-refractivity contribution in [1.82, 2.24) is 14.7 Å². The van der Waals surface area contributed by atoms with E-state index in [9.17, 15) is 0 Å². The third-order valence-corrected chi connectivity index (χ3v) is 7.95. The van der Waals surface area contributed by atoms with Crippen molar-refractivity contribution < 1.29 is 0 Å². The molecular weight excluding hydrogens is 438 g/mol. The van der Waals surface area contributed by atoms with Gasteiger partial charge in [-0.05, 0) is 86.1 Å². The van der Waals surface area contributed by atoms with Crippen molar-refractivity contribution in [3.8, 4) is 0 Å². The Morgan fingerprint density at radius 3 is 0.694 bits per heavy atom. The maximum Gasteiger partial charge on any atom is -0.000959 e. The summed E-state index contributed by atoms with van der Waals surface area (Å²) >= 11 is 0. The lowest BCUT2D eigenvalue weighted by Gasteiger charge is -2.22. The smallest absolute Gasteiger partial charge is 0.000959 e. The fourth-order valence-corrected chi connectivity index (χ4v) is 5.29. The van der Waals surface area contributed by atoms with E-state index in [4.69, 9.17) is 0 Å². The van der Waals surface area contributed by atoms with Crippen molar-refractivity contribution in [3.63, 3.8) is 0 Å². The Morgan fingerprint density at radius 2 is 0.444 bits per heavy atom. The van der Waals surface area contributed by atoms with Crippen LogP contribution in [0.5, 0.6) is 0 Å². The maximum absolute atomic E-state index is 2.55. The van der Waals surface area contributed by atoms with Crippen LogP contribution in [0.3, 0.4) is 0 Å². The molecule has 0 aromatic heterocycles. The van der Waals surface area contributed by atoms with Crippen LogP contribution in [0.1, 0.15) is 155 Å². The SMILES string of the molecule is CCCCCCCCCCCCN(C)CCCN(C)CCCN(C)CCCCCCCCCCCC. The molecule has 0 saturated carbocycles. The van der Waals surface area contributed by atoms with Crippen LogP contribution in [0.4, 0.5) is 0 Å². The molecule has 0 atom stereocenters. The van der Waals surface area contributed by atoms with E-state index >= 15 is 0 Å². The van der Waals surface area contributed by atoms with Gasteiger partial charge in [-0.3, -0.25) is 0 Å². The lowest BCUT2D eigenvalue weighted by atomic mass is 10.1. The predicted octanol–water partition coefficient (Wildman–Crippen LogP) is 9.40. The van der Waals surface area contributed by atoms with Crippen LogP contribution in [0.25, 0.3) is 0 Å². The number of hydrogen-bond donors (Lipinski definition) is 0. The Bertz CT molecular complexity index is 364. The molecule has 0 radical (unpaired) electrons. The Labute approximate surface area is 230 Å². The van der Waals surface area contributed by atoms with Gasteiger partial charge in [-0.15, -0.1) is 0 Å². The molecule has 0 N–H and O–H groups in total. The van der Waals surface area contributed by atoms with Crippen LogP contribution in [-0.2, 0) is 0 Å². The molecule has 218 valence electrons. The van der Waals surface area contributed by atoms with Crippen LogP contribution in [0, 0.1) is 0 Å². The molecular formula is C33H71N3. The van der Waals surface area contributed by atoms with Crippen molar-refractivity contribution >= 4 is 0 Å². The summed E-state index contributed by atoms with van der Waals surface area (Å²) in [6.07, 6.45) is 31.3. The summed E-state index contributed by atoms with van der Waals surface area (Å²) < 4.78 is 0. The van der Waals surface area contributed by atoms with Gasteiger partial charge in [0.15, 0.2) is 0 Å². The summed E-state index contributed by atoms with van der Waals surface area (Å²) in [6.45, 7) is 12.1. The van der Waals surface area contributed by atoms with Gasteiger partial charge in [0.2, 0.25) is 0 Å². The first-order valence-corrected chi connectivity index (χ1v) is 16.7. The topological polar surface area (TPSA) is 9.72 Å². The Hall–Kier alpha value is -0.120. The average molecular weight is 510 g/mol. The molecule has 0 aliphatic rings. The highest BCUT2D eigenvalue weighted by Gasteiger charge is 2.04. The third-order valence-electron chi connectivity index (χ3n) is 7.95. The number of rotatable bonds is 30. The predicted molar refractivity (Wildman–Crippen MR) is 165 cm³/mol. The molecule has 0 bridgehead atoms. The summed E-state index contributed by atoms with van der Waals surface area (Å²) in [4.78, 5) is 7.65. The molecule has 36 heavy (non-hydrogen) atoms.